The van der Waals surface area contributed by atoms with Gasteiger partial charge in [-0.05, 0) is 43.9 Å². The quantitative estimate of drug-likeness (QED) is 0.674. The molecule has 2 aliphatic rings. The third-order valence-electron chi connectivity index (χ3n) is 5.06. The molecule has 1 saturated heterocycles. The van der Waals surface area contributed by atoms with Gasteiger partial charge in [0.25, 0.3) is 5.91 Å². The molecule has 1 amide bonds. The van der Waals surface area contributed by atoms with Crippen LogP contribution in [0.15, 0.2) is 29.2 Å². The summed E-state index contributed by atoms with van der Waals surface area (Å²) in [6.45, 7) is 0.596. The van der Waals surface area contributed by atoms with Crippen LogP contribution in [0.25, 0.3) is 0 Å². The summed E-state index contributed by atoms with van der Waals surface area (Å²) in [4.78, 5) is 24.4. The van der Waals surface area contributed by atoms with Crippen LogP contribution in [0, 0.1) is 11.3 Å². The Morgan fingerprint density at radius 3 is 2.59 bits per heavy atom. The van der Waals surface area contributed by atoms with Crippen molar-refractivity contribution >= 4 is 21.9 Å². The lowest BCUT2D eigenvalue weighted by atomic mass is 10.00. The Labute approximate surface area is 169 Å². The molecule has 0 unspecified atom stereocenters. The maximum atomic E-state index is 12.7. The van der Waals surface area contributed by atoms with E-state index in [4.69, 9.17) is 9.47 Å². The van der Waals surface area contributed by atoms with Crippen LogP contribution in [-0.4, -0.2) is 63.0 Å². The number of nitrogens with zero attached hydrogens (tertiary/aromatic N) is 2. The Bertz CT molecular complexity index is 912. The number of sulfonamides is 1. The van der Waals surface area contributed by atoms with Crippen molar-refractivity contribution in [2.24, 2.45) is 0 Å². The monoisotopic (exact) mass is 421 g/mol. The first-order valence-electron chi connectivity index (χ1n) is 9.44. The molecule has 1 N–H and O–H groups in total. The fraction of sp³-hybridized carbons (Fsp3) is 0.526. The smallest absolute Gasteiger partial charge is 0.338 e. The molecule has 0 radical (unpaired) electrons. The highest BCUT2D eigenvalue weighted by Crippen LogP contribution is 2.28. The van der Waals surface area contributed by atoms with E-state index < -0.39 is 34.0 Å². The van der Waals surface area contributed by atoms with Gasteiger partial charge in [-0.3, -0.25) is 4.79 Å². The van der Waals surface area contributed by atoms with Crippen molar-refractivity contribution in [3.63, 3.8) is 0 Å². The van der Waals surface area contributed by atoms with Crippen LogP contribution >= 0.6 is 0 Å². The molecule has 9 nitrogen and oxygen atoms in total. The van der Waals surface area contributed by atoms with E-state index in [9.17, 15) is 23.3 Å². The lowest BCUT2D eigenvalue weighted by Crippen LogP contribution is -2.46. The highest BCUT2D eigenvalue weighted by atomic mass is 32.2. The number of amides is 1. The second kappa shape index (κ2) is 8.90. The molecule has 3 rings (SSSR count). The standard InChI is InChI=1S/C19H23N3O6S/c20-14-19(6-1-2-7-19)21-17(23)13-28-18(24)15-4-3-5-16(12-15)29(25,26)22-8-10-27-11-9-22/h3-5,12H,1-2,6-11,13H2,(H,21,23). The van der Waals surface area contributed by atoms with Gasteiger partial charge in [0.05, 0.1) is 29.7 Å². The molecule has 1 aliphatic heterocycles. The van der Waals surface area contributed by atoms with Crippen molar-refractivity contribution in [3.8, 4) is 6.07 Å². The Kier molecular flexibility index (Phi) is 6.52. The van der Waals surface area contributed by atoms with Gasteiger partial charge in [0, 0.05) is 13.1 Å². The average molecular weight is 421 g/mol. The highest BCUT2D eigenvalue weighted by molar-refractivity contribution is 7.89. The van der Waals surface area contributed by atoms with Crippen molar-refractivity contribution in [1.82, 2.24) is 9.62 Å². The number of carbonyl (C=O) groups excluding carboxylic acids is 2. The lowest BCUT2D eigenvalue weighted by molar-refractivity contribution is -0.125. The second-order valence-corrected chi connectivity index (χ2v) is 9.01. The molecule has 0 aromatic heterocycles. The molecule has 1 aromatic carbocycles. The largest absolute Gasteiger partial charge is 0.452 e. The molecule has 0 bridgehead atoms. The molecule has 0 atom stereocenters. The summed E-state index contributed by atoms with van der Waals surface area (Å²) in [5.41, 5.74) is -0.863. The van der Waals surface area contributed by atoms with E-state index in [0.29, 0.717) is 26.1 Å². The minimum atomic E-state index is -3.75. The molecular weight excluding hydrogens is 398 g/mol. The van der Waals surface area contributed by atoms with Gasteiger partial charge < -0.3 is 14.8 Å². The minimum Gasteiger partial charge on any atom is -0.452 e. The van der Waals surface area contributed by atoms with Gasteiger partial charge in [0.2, 0.25) is 10.0 Å². The zero-order chi connectivity index (χ0) is 20.9. The molecule has 1 saturated carbocycles. The first kappa shape index (κ1) is 21.2. The zero-order valence-electron chi connectivity index (χ0n) is 15.9. The van der Waals surface area contributed by atoms with Crippen LogP contribution < -0.4 is 5.32 Å². The molecule has 2 fully saturated rings. The van der Waals surface area contributed by atoms with Gasteiger partial charge in [-0.1, -0.05) is 6.07 Å². The second-order valence-electron chi connectivity index (χ2n) is 7.07. The maximum Gasteiger partial charge on any atom is 0.338 e. The maximum absolute atomic E-state index is 12.7. The summed E-state index contributed by atoms with van der Waals surface area (Å²) in [6, 6.07) is 7.65. The molecule has 0 spiro atoms. The molecule has 10 heteroatoms. The first-order valence-corrected chi connectivity index (χ1v) is 10.9. The van der Waals surface area contributed by atoms with Crippen molar-refractivity contribution in [2.75, 3.05) is 32.9 Å². The molecule has 1 aliphatic carbocycles. The predicted molar refractivity (Wildman–Crippen MR) is 101 cm³/mol. The summed E-state index contributed by atoms with van der Waals surface area (Å²) >= 11 is 0. The number of morpholine rings is 1. The van der Waals surface area contributed by atoms with E-state index in [1.54, 1.807) is 0 Å². The number of esters is 1. The number of ether oxygens (including phenoxy) is 2. The number of benzene rings is 1. The Hall–Kier alpha value is -2.48. The van der Waals surface area contributed by atoms with Crippen LogP contribution in [0.5, 0.6) is 0 Å². The van der Waals surface area contributed by atoms with Crippen LogP contribution in [0.2, 0.25) is 0 Å². The van der Waals surface area contributed by atoms with Gasteiger partial charge in [-0.2, -0.15) is 9.57 Å². The van der Waals surface area contributed by atoms with E-state index in [1.807, 2.05) is 0 Å². The SMILES string of the molecule is N#CC1(NC(=O)COC(=O)c2cccc(S(=O)(=O)N3CCOCC3)c2)CCCC1. The normalized spacial score (nSPS) is 19.3. The van der Waals surface area contributed by atoms with Crippen LogP contribution in [0.1, 0.15) is 36.0 Å². The molecule has 1 heterocycles. The van der Waals surface area contributed by atoms with E-state index in [2.05, 4.69) is 11.4 Å². The molecular formula is C19H23N3O6S. The summed E-state index contributed by atoms with van der Waals surface area (Å²) in [7, 11) is -3.75. The van der Waals surface area contributed by atoms with Crippen molar-refractivity contribution < 1.29 is 27.5 Å². The highest BCUT2D eigenvalue weighted by Gasteiger charge is 2.35. The Balaban J connectivity index is 1.62. The predicted octanol–water partition coefficient (Wildman–Crippen LogP) is 0.817. The number of rotatable bonds is 6. The average Bonchev–Trinajstić information content (AvgIpc) is 3.21. The molecule has 29 heavy (non-hydrogen) atoms. The van der Waals surface area contributed by atoms with E-state index in [0.717, 1.165) is 12.8 Å². The summed E-state index contributed by atoms with van der Waals surface area (Å²) in [5.74, 6) is -1.37. The fourth-order valence-electron chi connectivity index (χ4n) is 3.48. The van der Waals surface area contributed by atoms with Crippen LogP contribution in [0.3, 0.4) is 0 Å². The number of hydrogen-bond acceptors (Lipinski definition) is 7. The number of carbonyl (C=O) groups is 2. The van der Waals surface area contributed by atoms with Gasteiger partial charge in [0.1, 0.15) is 5.54 Å². The Morgan fingerprint density at radius 2 is 1.93 bits per heavy atom. The van der Waals surface area contributed by atoms with Gasteiger partial charge >= 0.3 is 5.97 Å². The minimum absolute atomic E-state index is 0.0207. The third kappa shape index (κ3) is 4.93. The number of nitrogens with one attached hydrogen (secondary N) is 1. The van der Waals surface area contributed by atoms with E-state index >= 15 is 0 Å². The summed E-state index contributed by atoms with van der Waals surface area (Å²) in [6.07, 6.45) is 2.87. The van der Waals surface area contributed by atoms with Crippen molar-refractivity contribution in [2.45, 2.75) is 36.1 Å². The van der Waals surface area contributed by atoms with Gasteiger partial charge in [-0.15, -0.1) is 0 Å². The third-order valence-corrected chi connectivity index (χ3v) is 6.96. The van der Waals surface area contributed by atoms with Crippen molar-refractivity contribution in [1.29, 1.82) is 5.26 Å². The van der Waals surface area contributed by atoms with Crippen LogP contribution in [-0.2, 0) is 24.3 Å². The number of hydrogen-bond donors (Lipinski definition) is 1. The van der Waals surface area contributed by atoms with E-state index in [1.165, 1.54) is 28.6 Å². The molecule has 156 valence electrons. The first-order chi connectivity index (χ1) is 13.9. The fourth-order valence-corrected chi connectivity index (χ4v) is 4.93. The van der Waals surface area contributed by atoms with Gasteiger partial charge in [-0.25, -0.2) is 13.2 Å². The van der Waals surface area contributed by atoms with Gasteiger partial charge in [0.15, 0.2) is 6.61 Å². The van der Waals surface area contributed by atoms with Crippen LogP contribution in [0.4, 0.5) is 0 Å². The summed E-state index contributed by atoms with van der Waals surface area (Å²) in [5, 5.41) is 11.9. The number of nitriles is 1. The topological polar surface area (TPSA) is 126 Å². The zero-order valence-corrected chi connectivity index (χ0v) is 16.7. The lowest BCUT2D eigenvalue weighted by Gasteiger charge is -2.26. The van der Waals surface area contributed by atoms with Crippen molar-refractivity contribution in [3.05, 3.63) is 29.8 Å². The summed E-state index contributed by atoms with van der Waals surface area (Å²) < 4.78 is 36.9. The Morgan fingerprint density at radius 1 is 1.24 bits per heavy atom. The molecule has 1 aromatic rings. The van der Waals surface area contributed by atoms with E-state index in [-0.39, 0.29) is 23.5 Å².